The van der Waals surface area contributed by atoms with Crippen LogP contribution in [-0.2, 0) is 15.7 Å². The van der Waals surface area contributed by atoms with Crippen molar-refractivity contribution in [2.24, 2.45) is 4.40 Å². The number of ether oxygens (including phenoxy) is 1. The van der Waals surface area contributed by atoms with Crippen molar-refractivity contribution in [3.63, 3.8) is 0 Å². The molecule has 0 radical (unpaired) electrons. The van der Waals surface area contributed by atoms with Gasteiger partial charge >= 0.3 is 6.09 Å². The van der Waals surface area contributed by atoms with Gasteiger partial charge in [-0.25, -0.2) is 13.4 Å². The van der Waals surface area contributed by atoms with E-state index in [1.54, 1.807) is 41.5 Å². The highest BCUT2D eigenvalue weighted by Gasteiger charge is 2.21. The van der Waals surface area contributed by atoms with Crippen LogP contribution in [0.4, 0.5) is 14.9 Å². The molecule has 0 fully saturated rings. The Morgan fingerprint density at radius 1 is 1.29 bits per heavy atom. The van der Waals surface area contributed by atoms with Crippen molar-refractivity contribution >= 4 is 40.6 Å². The summed E-state index contributed by atoms with van der Waals surface area (Å²) < 4.78 is 34.8. The number of rotatable bonds is 3. The third-order valence-electron chi connectivity index (χ3n) is 2.56. The summed E-state index contributed by atoms with van der Waals surface area (Å²) in [6.45, 7) is 10.3. The average Bonchev–Trinajstić information content (AvgIpc) is 2.38. The van der Waals surface area contributed by atoms with Crippen molar-refractivity contribution in [1.29, 1.82) is 0 Å². The first kappa shape index (κ1) is 20.6. The fraction of sp³-hybridized carbons (Fsp3) is 0.500. The van der Waals surface area contributed by atoms with Gasteiger partial charge in [-0.2, -0.15) is 4.40 Å². The molecule has 1 aromatic rings. The van der Waals surface area contributed by atoms with Crippen LogP contribution in [0.3, 0.4) is 0 Å². The predicted octanol–water partition coefficient (Wildman–Crippen LogP) is 4.71. The third-order valence-corrected chi connectivity index (χ3v) is 4.24. The van der Waals surface area contributed by atoms with Gasteiger partial charge in [0.25, 0.3) is 0 Å². The van der Waals surface area contributed by atoms with Crippen molar-refractivity contribution in [3.8, 4) is 0 Å². The molecule has 0 aromatic heterocycles. The predicted molar refractivity (Wildman–Crippen MR) is 96.8 cm³/mol. The number of nitrogens with zero attached hydrogens (tertiary/aromatic N) is 1. The molecule has 0 aliphatic rings. The largest absolute Gasteiger partial charge is 0.444 e. The fourth-order valence-corrected chi connectivity index (χ4v) is 2.17. The summed E-state index contributed by atoms with van der Waals surface area (Å²) in [7, 11) is -1.55. The van der Waals surface area contributed by atoms with Gasteiger partial charge in [-0.15, -0.1) is 0 Å². The van der Waals surface area contributed by atoms with E-state index in [1.807, 2.05) is 0 Å². The molecule has 0 aliphatic carbocycles. The minimum absolute atomic E-state index is 0.0529. The van der Waals surface area contributed by atoms with Gasteiger partial charge in [-0.3, -0.25) is 5.32 Å². The second-order valence-electron chi connectivity index (χ2n) is 7.05. The molecule has 0 saturated heterocycles. The third kappa shape index (κ3) is 6.20. The summed E-state index contributed by atoms with van der Waals surface area (Å²) >= 11 is 5.97. The Labute approximate surface area is 149 Å². The number of benzene rings is 1. The summed E-state index contributed by atoms with van der Waals surface area (Å²) in [4.78, 5) is 11.8. The van der Waals surface area contributed by atoms with Crippen LogP contribution in [0.5, 0.6) is 0 Å². The lowest BCUT2D eigenvalue weighted by atomic mass is 10.2. The van der Waals surface area contributed by atoms with Crippen LogP contribution in [0, 0.1) is 5.82 Å². The van der Waals surface area contributed by atoms with Crippen molar-refractivity contribution in [2.45, 2.75) is 51.9 Å². The van der Waals surface area contributed by atoms with Crippen molar-refractivity contribution in [3.05, 3.63) is 28.5 Å². The topological polar surface area (TPSA) is 67.8 Å². The molecular formula is C16H22ClFN2O3S. The van der Waals surface area contributed by atoms with Crippen molar-refractivity contribution < 1.29 is 18.1 Å². The molecule has 0 aliphatic heterocycles. The lowest BCUT2D eigenvalue weighted by Gasteiger charge is -2.20. The number of amides is 1. The van der Waals surface area contributed by atoms with E-state index >= 15 is 0 Å². The molecule has 8 heteroatoms. The van der Waals surface area contributed by atoms with Gasteiger partial charge in [0.15, 0.2) is 5.82 Å². The summed E-state index contributed by atoms with van der Waals surface area (Å²) in [6, 6.07) is 2.73. The van der Waals surface area contributed by atoms with E-state index in [4.69, 9.17) is 16.3 Å². The van der Waals surface area contributed by atoms with Gasteiger partial charge in [0, 0.05) is 6.21 Å². The SMILES string of the molecule is CC(C)(C)OC(=O)Nc1ccc(Cl)c(C=N[S@@](=O)C(C)(C)C)c1F. The lowest BCUT2D eigenvalue weighted by molar-refractivity contribution is 0.0635. The molecule has 0 saturated carbocycles. The zero-order valence-corrected chi connectivity index (χ0v) is 16.1. The number of hydrogen-bond acceptors (Lipinski definition) is 3. The van der Waals surface area contributed by atoms with E-state index in [1.165, 1.54) is 12.1 Å². The molecule has 134 valence electrons. The molecule has 5 nitrogen and oxygen atoms in total. The van der Waals surface area contributed by atoms with Crippen LogP contribution < -0.4 is 5.32 Å². The molecule has 24 heavy (non-hydrogen) atoms. The molecule has 1 aromatic carbocycles. The van der Waals surface area contributed by atoms with E-state index in [0.29, 0.717) is 0 Å². The number of anilines is 1. The molecule has 0 unspecified atom stereocenters. The maximum atomic E-state index is 14.5. The minimum atomic E-state index is -1.55. The van der Waals surface area contributed by atoms with E-state index < -0.39 is 33.2 Å². The Balaban J connectivity index is 3.06. The molecule has 1 atom stereocenters. The first-order valence-electron chi connectivity index (χ1n) is 7.25. The Kier molecular flexibility index (Phi) is 6.52. The quantitative estimate of drug-likeness (QED) is 0.777. The van der Waals surface area contributed by atoms with Gasteiger partial charge < -0.3 is 4.74 Å². The maximum Gasteiger partial charge on any atom is 0.412 e. The van der Waals surface area contributed by atoms with Gasteiger partial charge in [0.2, 0.25) is 0 Å². The Morgan fingerprint density at radius 2 is 1.88 bits per heavy atom. The number of nitrogens with one attached hydrogen (secondary N) is 1. The number of carbonyl (C=O) groups is 1. The van der Waals surface area contributed by atoms with E-state index in [9.17, 15) is 13.4 Å². The molecule has 0 heterocycles. The molecular weight excluding hydrogens is 355 g/mol. The van der Waals surface area contributed by atoms with Crippen molar-refractivity contribution in [2.75, 3.05) is 5.32 Å². The smallest absolute Gasteiger partial charge is 0.412 e. The Morgan fingerprint density at radius 3 is 2.38 bits per heavy atom. The second-order valence-corrected chi connectivity index (χ2v) is 9.39. The zero-order valence-electron chi connectivity index (χ0n) is 14.6. The average molecular weight is 377 g/mol. The van der Waals surface area contributed by atoms with Crippen LogP contribution in [-0.4, -0.2) is 26.9 Å². The lowest BCUT2D eigenvalue weighted by Crippen LogP contribution is -2.27. The highest BCUT2D eigenvalue weighted by Crippen LogP contribution is 2.25. The Hall–Kier alpha value is -1.47. The van der Waals surface area contributed by atoms with Crippen LogP contribution in [0.15, 0.2) is 16.5 Å². The monoisotopic (exact) mass is 376 g/mol. The van der Waals surface area contributed by atoms with E-state index in [0.717, 1.165) is 6.21 Å². The highest BCUT2D eigenvalue weighted by atomic mass is 35.5. The second kappa shape index (κ2) is 7.61. The number of carbonyl (C=O) groups excluding carboxylic acids is 1. The van der Waals surface area contributed by atoms with Gasteiger partial charge in [-0.1, -0.05) is 11.6 Å². The minimum Gasteiger partial charge on any atom is -0.444 e. The summed E-state index contributed by atoms with van der Waals surface area (Å²) in [6.07, 6.45) is 0.323. The summed E-state index contributed by atoms with van der Waals surface area (Å²) in [5, 5.41) is 2.41. The van der Waals surface area contributed by atoms with Crippen molar-refractivity contribution in [1.82, 2.24) is 0 Å². The molecule has 0 bridgehead atoms. The molecule has 1 amide bonds. The van der Waals surface area contributed by atoms with Crippen LogP contribution in [0.1, 0.15) is 47.1 Å². The number of halogens is 2. The molecule has 1 rings (SSSR count). The summed E-state index contributed by atoms with van der Waals surface area (Å²) in [5.74, 6) is -0.775. The van der Waals surface area contributed by atoms with Gasteiger partial charge in [0.05, 0.1) is 21.0 Å². The van der Waals surface area contributed by atoms with Gasteiger partial charge in [-0.05, 0) is 53.7 Å². The molecule has 1 N–H and O–H groups in total. The van der Waals surface area contributed by atoms with Crippen LogP contribution in [0.2, 0.25) is 5.02 Å². The standard InChI is InChI=1S/C16H22ClFN2O3S/c1-15(2,3)23-14(21)20-12-8-7-11(17)10(13(12)18)9-19-24(22)16(4,5)6/h7-9H,1-6H3,(H,20,21)/t24-/m0/s1. The number of hydrogen-bond donors (Lipinski definition) is 1. The van der Waals surface area contributed by atoms with Crippen LogP contribution >= 0.6 is 11.6 Å². The normalized spacial score (nSPS) is 13.8. The van der Waals surface area contributed by atoms with E-state index in [2.05, 4.69) is 9.71 Å². The highest BCUT2D eigenvalue weighted by molar-refractivity contribution is 7.85. The maximum absolute atomic E-state index is 14.5. The van der Waals surface area contributed by atoms with E-state index in [-0.39, 0.29) is 16.3 Å². The first-order chi connectivity index (χ1) is 10.8. The zero-order chi connectivity index (χ0) is 18.7. The van der Waals surface area contributed by atoms with Crippen LogP contribution in [0.25, 0.3) is 0 Å². The van der Waals surface area contributed by atoms with Gasteiger partial charge in [0.1, 0.15) is 16.6 Å². The molecule has 0 spiro atoms. The summed E-state index contributed by atoms with van der Waals surface area (Å²) in [5.41, 5.74) is -0.861. The first-order valence-corrected chi connectivity index (χ1v) is 8.74. The Bertz CT molecular complexity index is 679. The fourth-order valence-electron chi connectivity index (χ4n) is 1.46.